The SMILES string of the molecule is CN1CCC(O[C@H](c2nc3c(F)c(Cl)ccc3[nH]2)c2ccccc2O)CC1. The summed E-state index contributed by atoms with van der Waals surface area (Å²) < 4.78 is 20.7. The Morgan fingerprint density at radius 2 is 2.00 bits per heavy atom. The van der Waals surface area contributed by atoms with E-state index in [4.69, 9.17) is 16.3 Å². The maximum absolute atomic E-state index is 14.3. The normalized spacial score (nSPS) is 17.4. The number of nitrogens with one attached hydrogen (secondary N) is 1. The predicted octanol–water partition coefficient (Wildman–Crippen LogP) is 4.26. The van der Waals surface area contributed by atoms with E-state index in [9.17, 15) is 9.50 Å². The topological polar surface area (TPSA) is 61.4 Å². The summed E-state index contributed by atoms with van der Waals surface area (Å²) in [6, 6.07) is 10.2. The molecule has 0 amide bonds. The lowest BCUT2D eigenvalue weighted by Crippen LogP contribution is -2.35. The fraction of sp³-hybridized carbons (Fsp3) is 0.350. The number of aromatic amines is 1. The van der Waals surface area contributed by atoms with Crippen molar-refractivity contribution < 1.29 is 14.2 Å². The van der Waals surface area contributed by atoms with Crippen LogP contribution in [0, 0.1) is 5.82 Å². The molecular formula is C20H21ClFN3O2. The zero-order chi connectivity index (χ0) is 19.0. The van der Waals surface area contributed by atoms with Crippen LogP contribution in [-0.4, -0.2) is 46.2 Å². The van der Waals surface area contributed by atoms with Gasteiger partial charge in [0, 0.05) is 18.7 Å². The van der Waals surface area contributed by atoms with Crippen LogP contribution >= 0.6 is 11.6 Å². The van der Waals surface area contributed by atoms with Gasteiger partial charge in [0.2, 0.25) is 0 Å². The Kier molecular flexibility index (Phi) is 5.04. The maximum Gasteiger partial charge on any atom is 0.169 e. The Morgan fingerprint density at radius 3 is 2.74 bits per heavy atom. The lowest BCUT2D eigenvalue weighted by molar-refractivity contribution is -0.0271. The summed E-state index contributed by atoms with van der Waals surface area (Å²) in [5, 5.41) is 10.4. The van der Waals surface area contributed by atoms with Crippen molar-refractivity contribution in [2.75, 3.05) is 20.1 Å². The van der Waals surface area contributed by atoms with Gasteiger partial charge < -0.3 is 19.7 Å². The van der Waals surface area contributed by atoms with Gasteiger partial charge in [0.25, 0.3) is 0 Å². The molecule has 2 heterocycles. The fourth-order valence-electron chi connectivity index (χ4n) is 3.47. The molecule has 1 saturated heterocycles. The summed E-state index contributed by atoms with van der Waals surface area (Å²) in [6.45, 7) is 1.89. The fourth-order valence-corrected chi connectivity index (χ4v) is 3.62. The third-order valence-electron chi connectivity index (χ3n) is 5.03. The maximum atomic E-state index is 14.3. The summed E-state index contributed by atoms with van der Waals surface area (Å²) in [4.78, 5) is 9.80. The molecule has 1 aliphatic heterocycles. The molecule has 1 fully saturated rings. The van der Waals surface area contributed by atoms with E-state index in [1.807, 2.05) is 6.07 Å². The Hall–Kier alpha value is -2.15. The number of benzene rings is 2. The van der Waals surface area contributed by atoms with Crippen molar-refractivity contribution >= 4 is 22.6 Å². The molecule has 27 heavy (non-hydrogen) atoms. The van der Waals surface area contributed by atoms with Crippen LogP contribution in [0.3, 0.4) is 0 Å². The predicted molar refractivity (Wildman–Crippen MR) is 103 cm³/mol. The minimum atomic E-state index is -0.620. The number of rotatable bonds is 4. The smallest absolute Gasteiger partial charge is 0.169 e. The second kappa shape index (κ2) is 7.46. The van der Waals surface area contributed by atoms with E-state index in [1.165, 1.54) is 6.07 Å². The Balaban J connectivity index is 1.73. The lowest BCUT2D eigenvalue weighted by atomic mass is 10.0. The number of fused-ring (bicyclic) bond motifs is 1. The van der Waals surface area contributed by atoms with Gasteiger partial charge in [-0.25, -0.2) is 9.37 Å². The van der Waals surface area contributed by atoms with Crippen LogP contribution in [0.1, 0.15) is 30.3 Å². The summed E-state index contributed by atoms with van der Waals surface area (Å²) in [6.07, 6.45) is 1.19. The van der Waals surface area contributed by atoms with Crippen LogP contribution < -0.4 is 0 Å². The van der Waals surface area contributed by atoms with Gasteiger partial charge in [-0.3, -0.25) is 0 Å². The third kappa shape index (κ3) is 3.65. The van der Waals surface area contributed by atoms with Gasteiger partial charge in [0.15, 0.2) is 5.82 Å². The van der Waals surface area contributed by atoms with E-state index in [1.54, 1.807) is 24.3 Å². The number of piperidine rings is 1. The second-order valence-corrected chi connectivity index (χ2v) is 7.36. The van der Waals surface area contributed by atoms with E-state index >= 15 is 0 Å². The molecule has 0 aliphatic carbocycles. The van der Waals surface area contributed by atoms with Gasteiger partial charge >= 0.3 is 0 Å². The van der Waals surface area contributed by atoms with Crippen molar-refractivity contribution in [2.24, 2.45) is 0 Å². The molecule has 0 saturated carbocycles. The van der Waals surface area contributed by atoms with Crippen molar-refractivity contribution in [3.8, 4) is 5.75 Å². The Bertz CT molecular complexity index is 954. The van der Waals surface area contributed by atoms with Gasteiger partial charge in [-0.05, 0) is 38.1 Å². The highest BCUT2D eigenvalue weighted by molar-refractivity contribution is 6.31. The van der Waals surface area contributed by atoms with Gasteiger partial charge in [0.05, 0.1) is 16.6 Å². The highest BCUT2D eigenvalue weighted by atomic mass is 35.5. The Morgan fingerprint density at radius 1 is 1.26 bits per heavy atom. The molecule has 2 N–H and O–H groups in total. The number of para-hydroxylation sites is 1. The molecule has 7 heteroatoms. The van der Waals surface area contributed by atoms with E-state index in [0.29, 0.717) is 16.9 Å². The molecular weight excluding hydrogens is 369 g/mol. The molecule has 0 bridgehead atoms. The first kappa shape index (κ1) is 18.2. The zero-order valence-electron chi connectivity index (χ0n) is 15.0. The number of nitrogens with zero attached hydrogens (tertiary/aromatic N) is 2. The quantitative estimate of drug-likeness (QED) is 0.699. The van der Waals surface area contributed by atoms with E-state index in [0.717, 1.165) is 25.9 Å². The lowest BCUT2D eigenvalue weighted by Gasteiger charge is -2.31. The van der Waals surface area contributed by atoms with Gasteiger partial charge in [0.1, 0.15) is 23.2 Å². The summed E-state index contributed by atoms with van der Waals surface area (Å²) in [5.41, 5.74) is 1.31. The van der Waals surface area contributed by atoms with Crippen molar-refractivity contribution in [1.29, 1.82) is 0 Å². The Labute approximate surface area is 161 Å². The second-order valence-electron chi connectivity index (χ2n) is 6.96. The van der Waals surface area contributed by atoms with Crippen molar-refractivity contribution in [3.05, 3.63) is 58.6 Å². The number of halogens is 2. The van der Waals surface area contributed by atoms with Crippen molar-refractivity contribution in [3.63, 3.8) is 0 Å². The van der Waals surface area contributed by atoms with E-state index in [-0.39, 0.29) is 22.4 Å². The van der Waals surface area contributed by atoms with Crippen LogP contribution in [-0.2, 0) is 4.74 Å². The molecule has 1 aromatic heterocycles. The molecule has 2 aromatic carbocycles. The van der Waals surface area contributed by atoms with Crippen LogP contribution in [0.15, 0.2) is 36.4 Å². The molecule has 142 valence electrons. The highest BCUT2D eigenvalue weighted by Crippen LogP contribution is 2.35. The molecule has 3 aromatic rings. The molecule has 0 spiro atoms. The van der Waals surface area contributed by atoms with Crippen LogP contribution in [0.5, 0.6) is 5.75 Å². The summed E-state index contributed by atoms with van der Waals surface area (Å²) in [7, 11) is 2.09. The van der Waals surface area contributed by atoms with E-state index < -0.39 is 11.9 Å². The first-order valence-corrected chi connectivity index (χ1v) is 9.36. The average Bonchev–Trinajstić information content (AvgIpc) is 3.10. The summed E-state index contributed by atoms with van der Waals surface area (Å²) >= 11 is 5.88. The minimum absolute atomic E-state index is 0.0240. The van der Waals surface area contributed by atoms with Gasteiger partial charge in [-0.15, -0.1) is 0 Å². The molecule has 0 radical (unpaired) electrons. The van der Waals surface area contributed by atoms with Gasteiger partial charge in [-0.1, -0.05) is 29.8 Å². The van der Waals surface area contributed by atoms with Crippen LogP contribution in [0.2, 0.25) is 5.02 Å². The van der Waals surface area contributed by atoms with Crippen LogP contribution in [0.25, 0.3) is 11.0 Å². The minimum Gasteiger partial charge on any atom is -0.508 e. The number of aromatic nitrogens is 2. The number of aromatic hydroxyl groups is 1. The van der Waals surface area contributed by atoms with Gasteiger partial charge in [-0.2, -0.15) is 0 Å². The number of ether oxygens (including phenoxy) is 1. The number of hydrogen-bond acceptors (Lipinski definition) is 4. The standard InChI is InChI=1S/C20H21ClFN3O2/c1-25-10-8-12(9-11-25)27-19(13-4-2-3-5-16(13)26)20-23-15-7-6-14(21)17(22)18(15)24-20/h2-7,12,19,26H,8-11H2,1H3,(H,23,24)/t19-/m0/s1. The van der Waals surface area contributed by atoms with Crippen molar-refractivity contribution in [1.82, 2.24) is 14.9 Å². The highest BCUT2D eigenvalue weighted by Gasteiger charge is 2.28. The number of likely N-dealkylation sites (tertiary alicyclic amines) is 1. The average molecular weight is 390 g/mol. The molecule has 4 rings (SSSR count). The number of H-pyrrole nitrogens is 1. The molecule has 1 atom stereocenters. The van der Waals surface area contributed by atoms with Crippen molar-refractivity contribution in [2.45, 2.75) is 25.0 Å². The number of imidazole rings is 1. The first-order valence-electron chi connectivity index (χ1n) is 8.98. The zero-order valence-corrected chi connectivity index (χ0v) is 15.7. The summed E-state index contributed by atoms with van der Waals surface area (Å²) in [5.74, 6) is 0.00738. The molecule has 1 aliphatic rings. The monoisotopic (exact) mass is 389 g/mol. The molecule has 0 unspecified atom stereocenters. The number of hydrogen-bond donors (Lipinski definition) is 2. The first-order chi connectivity index (χ1) is 13.0. The number of phenols is 1. The van der Waals surface area contributed by atoms with E-state index in [2.05, 4.69) is 21.9 Å². The van der Waals surface area contributed by atoms with Crippen LogP contribution in [0.4, 0.5) is 4.39 Å². The largest absolute Gasteiger partial charge is 0.508 e. The molecule has 5 nitrogen and oxygen atoms in total. The number of phenolic OH excluding ortho intramolecular Hbond substituents is 1. The third-order valence-corrected chi connectivity index (χ3v) is 5.32.